The maximum Gasteiger partial charge on any atom is 0.222 e. The monoisotopic (exact) mass is 304 g/mol. The molecule has 17 heavy (non-hydrogen) atoms. The summed E-state index contributed by atoms with van der Waals surface area (Å²) >= 11 is 3.47. The zero-order valence-corrected chi connectivity index (χ0v) is 12.7. The van der Waals surface area contributed by atoms with Crippen molar-refractivity contribution >= 4 is 21.8 Å². The van der Waals surface area contributed by atoms with Gasteiger partial charge in [-0.2, -0.15) is 0 Å². The average Bonchev–Trinajstić information content (AvgIpc) is 2.68. The Balaban J connectivity index is 2.30. The summed E-state index contributed by atoms with van der Waals surface area (Å²) in [6.07, 6.45) is 3.11. The van der Waals surface area contributed by atoms with E-state index in [1.54, 1.807) is 0 Å². The van der Waals surface area contributed by atoms with Crippen molar-refractivity contribution in [1.82, 2.24) is 9.80 Å². The van der Waals surface area contributed by atoms with Crippen LogP contribution in [0.1, 0.15) is 33.1 Å². The van der Waals surface area contributed by atoms with Crippen LogP contribution in [0.3, 0.4) is 0 Å². The fourth-order valence-electron chi connectivity index (χ4n) is 2.40. The van der Waals surface area contributed by atoms with E-state index in [9.17, 15) is 4.79 Å². The Morgan fingerprint density at radius 1 is 1.29 bits per heavy atom. The molecule has 3 nitrogen and oxygen atoms in total. The van der Waals surface area contributed by atoms with Crippen molar-refractivity contribution in [2.24, 2.45) is 5.92 Å². The Bertz CT molecular complexity index is 229. The van der Waals surface area contributed by atoms with Gasteiger partial charge in [-0.1, -0.05) is 29.8 Å². The molecule has 0 aliphatic carbocycles. The van der Waals surface area contributed by atoms with Gasteiger partial charge < -0.3 is 9.80 Å². The number of hydrogen-bond acceptors (Lipinski definition) is 2. The lowest BCUT2D eigenvalue weighted by Gasteiger charge is -2.24. The van der Waals surface area contributed by atoms with Crippen molar-refractivity contribution in [3.8, 4) is 0 Å². The molecule has 4 heteroatoms. The van der Waals surface area contributed by atoms with E-state index in [0.29, 0.717) is 11.8 Å². The Kier molecular flexibility index (Phi) is 7.12. The van der Waals surface area contributed by atoms with Gasteiger partial charge in [0.2, 0.25) is 5.91 Å². The Morgan fingerprint density at radius 2 is 1.94 bits per heavy atom. The second-order valence-electron chi connectivity index (χ2n) is 4.91. The van der Waals surface area contributed by atoms with Crippen molar-refractivity contribution in [2.45, 2.75) is 33.1 Å². The van der Waals surface area contributed by atoms with E-state index in [4.69, 9.17) is 0 Å². The maximum atomic E-state index is 11.8. The number of alkyl halides is 1. The number of likely N-dealkylation sites (tertiary alicyclic amines) is 1. The summed E-state index contributed by atoms with van der Waals surface area (Å²) in [5.41, 5.74) is 0. The zero-order chi connectivity index (χ0) is 12.7. The van der Waals surface area contributed by atoms with Crippen LogP contribution in [0.5, 0.6) is 0 Å². The Morgan fingerprint density at radius 3 is 2.41 bits per heavy atom. The van der Waals surface area contributed by atoms with Crippen LogP contribution in [0, 0.1) is 5.92 Å². The van der Waals surface area contributed by atoms with Gasteiger partial charge in [0.15, 0.2) is 0 Å². The normalized spacial score (nSPS) is 20.6. The largest absolute Gasteiger partial charge is 0.341 e. The predicted octanol–water partition coefficient (Wildman–Crippen LogP) is 2.35. The molecule has 0 aromatic carbocycles. The fourth-order valence-corrected chi connectivity index (χ4v) is 2.84. The molecule has 1 atom stereocenters. The Hall–Kier alpha value is -0.0900. The van der Waals surface area contributed by atoms with E-state index in [1.165, 1.54) is 12.8 Å². The average molecular weight is 305 g/mol. The molecule has 0 bridgehead atoms. The third-order valence-electron chi connectivity index (χ3n) is 3.28. The number of nitrogens with zero attached hydrogens (tertiary/aromatic N) is 2. The van der Waals surface area contributed by atoms with Gasteiger partial charge in [-0.3, -0.25) is 4.79 Å². The molecule has 0 radical (unpaired) electrons. The lowest BCUT2D eigenvalue weighted by atomic mass is 10.2. The minimum Gasteiger partial charge on any atom is -0.341 e. The van der Waals surface area contributed by atoms with Crippen molar-refractivity contribution in [2.75, 3.05) is 38.1 Å². The van der Waals surface area contributed by atoms with Gasteiger partial charge in [0, 0.05) is 31.4 Å². The second-order valence-corrected chi connectivity index (χ2v) is 5.55. The maximum absolute atomic E-state index is 11.8. The molecule has 1 rings (SSSR count). The number of halogens is 1. The predicted molar refractivity (Wildman–Crippen MR) is 75.5 cm³/mol. The van der Waals surface area contributed by atoms with E-state index in [0.717, 1.165) is 44.5 Å². The summed E-state index contributed by atoms with van der Waals surface area (Å²) in [7, 11) is 0. The van der Waals surface area contributed by atoms with Crippen LogP contribution >= 0.6 is 15.9 Å². The standard InChI is InChI=1S/C13H25BrN2O/c1-3-5-15(6-4-2)7-8-16-11-12(10-14)9-13(16)17/h12H,3-11H2,1-2H3. The van der Waals surface area contributed by atoms with E-state index in [2.05, 4.69) is 34.7 Å². The van der Waals surface area contributed by atoms with E-state index < -0.39 is 0 Å². The van der Waals surface area contributed by atoms with Crippen molar-refractivity contribution in [3.63, 3.8) is 0 Å². The van der Waals surface area contributed by atoms with Gasteiger partial charge in [0.25, 0.3) is 0 Å². The van der Waals surface area contributed by atoms with Crippen LogP contribution in [0.15, 0.2) is 0 Å². The van der Waals surface area contributed by atoms with Crippen LogP contribution in [0.4, 0.5) is 0 Å². The lowest BCUT2D eigenvalue weighted by Crippen LogP contribution is -2.36. The van der Waals surface area contributed by atoms with E-state index in [-0.39, 0.29) is 0 Å². The van der Waals surface area contributed by atoms with Crippen LogP contribution in [-0.2, 0) is 4.79 Å². The molecule has 0 aromatic heterocycles. The second kappa shape index (κ2) is 8.09. The molecule has 1 amide bonds. The number of carbonyl (C=O) groups excluding carboxylic acids is 1. The lowest BCUT2D eigenvalue weighted by molar-refractivity contribution is -0.127. The highest BCUT2D eigenvalue weighted by molar-refractivity contribution is 9.09. The fraction of sp³-hybridized carbons (Fsp3) is 0.923. The number of carbonyl (C=O) groups is 1. The first kappa shape index (κ1) is 15.0. The highest BCUT2D eigenvalue weighted by Gasteiger charge is 2.28. The molecule has 0 aromatic rings. The summed E-state index contributed by atoms with van der Waals surface area (Å²) in [4.78, 5) is 16.3. The minimum absolute atomic E-state index is 0.336. The molecule has 0 spiro atoms. The topological polar surface area (TPSA) is 23.6 Å². The number of rotatable bonds is 8. The zero-order valence-electron chi connectivity index (χ0n) is 11.1. The molecule has 1 aliphatic rings. The summed E-state index contributed by atoms with van der Waals surface area (Å²) < 4.78 is 0. The van der Waals surface area contributed by atoms with Crippen molar-refractivity contribution in [1.29, 1.82) is 0 Å². The number of amides is 1. The molecular formula is C13H25BrN2O. The first-order chi connectivity index (χ1) is 8.21. The third-order valence-corrected chi connectivity index (χ3v) is 4.19. The third kappa shape index (κ3) is 4.96. The van der Waals surface area contributed by atoms with Crippen LogP contribution in [0.2, 0.25) is 0 Å². The minimum atomic E-state index is 0.336. The molecule has 1 saturated heterocycles. The van der Waals surface area contributed by atoms with Gasteiger partial charge in [-0.05, 0) is 31.8 Å². The SMILES string of the molecule is CCCN(CCC)CCN1CC(CBr)CC1=O. The van der Waals surface area contributed by atoms with Gasteiger partial charge in [0.1, 0.15) is 0 Å². The smallest absolute Gasteiger partial charge is 0.222 e. The van der Waals surface area contributed by atoms with Gasteiger partial charge in [0.05, 0.1) is 0 Å². The number of hydrogen-bond donors (Lipinski definition) is 0. The van der Waals surface area contributed by atoms with Crippen molar-refractivity contribution in [3.05, 3.63) is 0 Å². The molecule has 1 aliphatic heterocycles. The summed E-state index contributed by atoms with van der Waals surface area (Å²) in [5.74, 6) is 0.857. The van der Waals surface area contributed by atoms with Gasteiger partial charge >= 0.3 is 0 Å². The molecule has 1 fully saturated rings. The highest BCUT2D eigenvalue weighted by Crippen LogP contribution is 2.19. The first-order valence-corrected chi connectivity index (χ1v) is 7.89. The van der Waals surface area contributed by atoms with Gasteiger partial charge in [-0.15, -0.1) is 0 Å². The van der Waals surface area contributed by atoms with Crippen LogP contribution < -0.4 is 0 Å². The Labute approximate surface area is 114 Å². The molecule has 100 valence electrons. The quantitative estimate of drug-likeness (QED) is 0.643. The van der Waals surface area contributed by atoms with E-state index >= 15 is 0 Å². The van der Waals surface area contributed by atoms with Crippen LogP contribution in [-0.4, -0.2) is 53.8 Å². The molecule has 0 N–H and O–H groups in total. The summed E-state index contributed by atoms with van der Waals surface area (Å²) in [6.45, 7) is 9.60. The summed E-state index contributed by atoms with van der Waals surface area (Å²) in [5, 5.41) is 0.947. The summed E-state index contributed by atoms with van der Waals surface area (Å²) in [6, 6.07) is 0. The van der Waals surface area contributed by atoms with E-state index in [1.807, 2.05) is 4.90 Å². The first-order valence-electron chi connectivity index (χ1n) is 6.77. The highest BCUT2D eigenvalue weighted by atomic mass is 79.9. The molecule has 1 heterocycles. The molecular weight excluding hydrogens is 280 g/mol. The van der Waals surface area contributed by atoms with Crippen LogP contribution in [0.25, 0.3) is 0 Å². The molecule has 1 unspecified atom stereocenters. The van der Waals surface area contributed by atoms with Crippen molar-refractivity contribution < 1.29 is 4.79 Å². The molecule has 0 saturated carbocycles. The van der Waals surface area contributed by atoms with Gasteiger partial charge in [-0.25, -0.2) is 0 Å².